The fourth-order valence-electron chi connectivity index (χ4n) is 2.11. The Morgan fingerprint density at radius 1 is 1.53 bits per heavy atom. The van der Waals surface area contributed by atoms with E-state index < -0.39 is 0 Å². The summed E-state index contributed by atoms with van der Waals surface area (Å²) in [5.41, 5.74) is 8.07. The number of aromatic nitrogens is 1. The number of hydrogen-bond donors (Lipinski definition) is 1. The van der Waals surface area contributed by atoms with E-state index >= 15 is 0 Å². The van der Waals surface area contributed by atoms with E-state index in [1.807, 2.05) is 12.4 Å². The monoisotopic (exact) mass is 205 g/mol. The average molecular weight is 205 g/mol. The number of anilines is 1. The summed E-state index contributed by atoms with van der Waals surface area (Å²) in [6, 6.07) is 2.06. The van der Waals surface area contributed by atoms with Crippen LogP contribution in [-0.4, -0.2) is 18.6 Å². The highest BCUT2D eigenvalue weighted by atomic mass is 15.1. The highest BCUT2D eigenvalue weighted by molar-refractivity contribution is 5.51. The van der Waals surface area contributed by atoms with Crippen LogP contribution in [0.3, 0.4) is 0 Å². The third-order valence-corrected chi connectivity index (χ3v) is 3.27. The SMILES string of the molecule is CN(CC1CCC1)c1ccncc1CN. The third-order valence-electron chi connectivity index (χ3n) is 3.27. The lowest BCUT2D eigenvalue weighted by Gasteiger charge is -2.32. The number of pyridine rings is 1. The van der Waals surface area contributed by atoms with Crippen LogP contribution in [0.2, 0.25) is 0 Å². The van der Waals surface area contributed by atoms with Crippen LogP contribution in [-0.2, 0) is 6.54 Å². The molecule has 0 aromatic carbocycles. The molecule has 0 bridgehead atoms. The lowest BCUT2D eigenvalue weighted by molar-refractivity contribution is 0.321. The van der Waals surface area contributed by atoms with E-state index in [-0.39, 0.29) is 0 Å². The molecule has 1 aromatic rings. The van der Waals surface area contributed by atoms with Crippen LogP contribution < -0.4 is 10.6 Å². The Balaban J connectivity index is 2.05. The first-order valence-electron chi connectivity index (χ1n) is 5.65. The molecule has 3 nitrogen and oxygen atoms in total. The summed E-state index contributed by atoms with van der Waals surface area (Å²) in [4.78, 5) is 6.42. The van der Waals surface area contributed by atoms with Gasteiger partial charge in [0.2, 0.25) is 0 Å². The topological polar surface area (TPSA) is 42.2 Å². The molecule has 0 spiro atoms. The highest BCUT2D eigenvalue weighted by Gasteiger charge is 2.19. The summed E-state index contributed by atoms with van der Waals surface area (Å²) in [6.45, 7) is 1.72. The molecular formula is C12H19N3. The number of nitrogens with zero attached hydrogens (tertiary/aromatic N) is 2. The summed E-state index contributed by atoms with van der Waals surface area (Å²) in [6.07, 6.45) is 7.87. The number of nitrogens with two attached hydrogens (primary N) is 1. The predicted octanol–water partition coefficient (Wildman–Crippen LogP) is 1.78. The maximum Gasteiger partial charge on any atom is 0.0440 e. The molecule has 1 heterocycles. The fraction of sp³-hybridized carbons (Fsp3) is 0.583. The van der Waals surface area contributed by atoms with Crippen LogP contribution in [0.4, 0.5) is 5.69 Å². The molecule has 0 radical (unpaired) electrons. The van der Waals surface area contributed by atoms with Crippen molar-refractivity contribution in [2.24, 2.45) is 11.7 Å². The molecule has 0 atom stereocenters. The normalized spacial score (nSPS) is 16.1. The maximum atomic E-state index is 5.70. The molecule has 82 valence electrons. The summed E-state index contributed by atoms with van der Waals surface area (Å²) >= 11 is 0. The van der Waals surface area contributed by atoms with Crippen molar-refractivity contribution in [1.29, 1.82) is 0 Å². The van der Waals surface area contributed by atoms with Crippen molar-refractivity contribution >= 4 is 5.69 Å². The first-order chi connectivity index (χ1) is 7.31. The minimum absolute atomic E-state index is 0.568. The van der Waals surface area contributed by atoms with Gasteiger partial charge in [-0.25, -0.2) is 0 Å². The lowest BCUT2D eigenvalue weighted by atomic mass is 9.85. The highest BCUT2D eigenvalue weighted by Crippen LogP contribution is 2.29. The standard InChI is InChI=1S/C12H19N3/c1-15(9-10-3-2-4-10)12-5-6-14-8-11(12)7-13/h5-6,8,10H,2-4,7,9,13H2,1H3. The molecule has 0 unspecified atom stereocenters. The molecule has 1 aliphatic rings. The zero-order chi connectivity index (χ0) is 10.7. The molecule has 3 heteroatoms. The third kappa shape index (κ3) is 2.29. The zero-order valence-electron chi connectivity index (χ0n) is 9.32. The van der Waals surface area contributed by atoms with Gasteiger partial charge in [-0.05, 0) is 24.8 Å². The van der Waals surface area contributed by atoms with Gasteiger partial charge in [0.25, 0.3) is 0 Å². The molecular weight excluding hydrogens is 186 g/mol. The van der Waals surface area contributed by atoms with Crippen molar-refractivity contribution in [3.63, 3.8) is 0 Å². The van der Waals surface area contributed by atoms with Crippen molar-refractivity contribution in [3.8, 4) is 0 Å². The van der Waals surface area contributed by atoms with Gasteiger partial charge in [0.1, 0.15) is 0 Å². The van der Waals surface area contributed by atoms with Crippen LogP contribution in [0.1, 0.15) is 24.8 Å². The van der Waals surface area contributed by atoms with Gasteiger partial charge in [0.15, 0.2) is 0 Å². The second kappa shape index (κ2) is 4.62. The van der Waals surface area contributed by atoms with Gasteiger partial charge in [-0.1, -0.05) is 6.42 Å². The van der Waals surface area contributed by atoms with Crippen molar-refractivity contribution < 1.29 is 0 Å². The molecule has 2 N–H and O–H groups in total. The number of hydrogen-bond acceptors (Lipinski definition) is 3. The molecule has 0 amide bonds. The largest absolute Gasteiger partial charge is 0.374 e. The average Bonchev–Trinajstić information content (AvgIpc) is 2.23. The van der Waals surface area contributed by atoms with Crippen LogP contribution in [0.15, 0.2) is 18.5 Å². The van der Waals surface area contributed by atoms with E-state index in [1.54, 1.807) is 0 Å². The van der Waals surface area contributed by atoms with Gasteiger partial charge < -0.3 is 10.6 Å². The second-order valence-corrected chi connectivity index (χ2v) is 4.39. The molecule has 0 saturated heterocycles. The Hall–Kier alpha value is -1.09. The van der Waals surface area contributed by atoms with E-state index in [0.29, 0.717) is 6.54 Å². The summed E-state index contributed by atoms with van der Waals surface area (Å²) in [7, 11) is 2.15. The maximum absolute atomic E-state index is 5.70. The van der Waals surface area contributed by atoms with E-state index in [9.17, 15) is 0 Å². The molecule has 1 saturated carbocycles. The zero-order valence-corrected chi connectivity index (χ0v) is 9.32. The molecule has 1 aromatic heterocycles. The smallest absolute Gasteiger partial charge is 0.0440 e. The fourth-order valence-corrected chi connectivity index (χ4v) is 2.11. The van der Waals surface area contributed by atoms with E-state index in [0.717, 1.165) is 18.0 Å². The summed E-state index contributed by atoms with van der Waals surface area (Å²) in [5, 5.41) is 0. The molecule has 1 aliphatic carbocycles. The Morgan fingerprint density at radius 3 is 2.93 bits per heavy atom. The Kier molecular flexibility index (Phi) is 3.21. The van der Waals surface area contributed by atoms with Gasteiger partial charge in [-0.2, -0.15) is 0 Å². The van der Waals surface area contributed by atoms with Gasteiger partial charge in [-0.15, -0.1) is 0 Å². The minimum atomic E-state index is 0.568. The van der Waals surface area contributed by atoms with Gasteiger partial charge in [-0.3, -0.25) is 4.98 Å². The lowest BCUT2D eigenvalue weighted by Crippen LogP contribution is -2.30. The summed E-state index contributed by atoms with van der Waals surface area (Å²) in [5.74, 6) is 0.883. The van der Waals surface area contributed by atoms with Crippen LogP contribution in [0.25, 0.3) is 0 Å². The quantitative estimate of drug-likeness (QED) is 0.814. The van der Waals surface area contributed by atoms with Gasteiger partial charge in [0.05, 0.1) is 0 Å². The summed E-state index contributed by atoms with van der Waals surface area (Å²) < 4.78 is 0. The van der Waals surface area contributed by atoms with Crippen molar-refractivity contribution in [2.45, 2.75) is 25.8 Å². The van der Waals surface area contributed by atoms with Gasteiger partial charge >= 0.3 is 0 Å². The van der Waals surface area contributed by atoms with E-state index in [1.165, 1.54) is 24.9 Å². The minimum Gasteiger partial charge on any atom is -0.374 e. The molecule has 15 heavy (non-hydrogen) atoms. The Labute approximate surface area is 91.3 Å². The van der Waals surface area contributed by atoms with Crippen LogP contribution in [0, 0.1) is 5.92 Å². The van der Waals surface area contributed by atoms with Crippen LogP contribution in [0.5, 0.6) is 0 Å². The van der Waals surface area contributed by atoms with Crippen molar-refractivity contribution in [3.05, 3.63) is 24.0 Å². The van der Waals surface area contributed by atoms with Crippen LogP contribution >= 0.6 is 0 Å². The number of rotatable bonds is 4. The Bertz CT molecular complexity index is 320. The first-order valence-corrected chi connectivity index (χ1v) is 5.65. The van der Waals surface area contributed by atoms with E-state index in [4.69, 9.17) is 5.73 Å². The Morgan fingerprint density at radius 2 is 2.33 bits per heavy atom. The molecule has 0 aliphatic heterocycles. The van der Waals surface area contributed by atoms with Gasteiger partial charge in [0, 0.05) is 43.8 Å². The predicted molar refractivity (Wildman–Crippen MR) is 62.7 cm³/mol. The first kappa shape index (κ1) is 10.4. The molecule has 1 fully saturated rings. The van der Waals surface area contributed by atoms with Crippen molar-refractivity contribution in [1.82, 2.24) is 4.98 Å². The van der Waals surface area contributed by atoms with E-state index in [2.05, 4.69) is 23.0 Å². The van der Waals surface area contributed by atoms with Crippen molar-refractivity contribution in [2.75, 3.05) is 18.5 Å². The molecule has 2 rings (SSSR count). The second-order valence-electron chi connectivity index (χ2n) is 4.39.